The molecule has 0 radical (unpaired) electrons. The zero-order valence-corrected chi connectivity index (χ0v) is 18.8. The number of fused-ring (bicyclic) bond motifs is 2. The van der Waals surface area contributed by atoms with Gasteiger partial charge in [0.1, 0.15) is 11.4 Å². The normalized spacial score (nSPS) is 11.3. The van der Waals surface area contributed by atoms with Crippen LogP contribution in [0.2, 0.25) is 0 Å². The Labute approximate surface area is 189 Å². The molecule has 0 saturated heterocycles. The highest BCUT2D eigenvalue weighted by Gasteiger charge is 2.16. The van der Waals surface area contributed by atoms with Crippen molar-refractivity contribution in [3.8, 4) is 22.8 Å². The van der Waals surface area contributed by atoms with Crippen molar-refractivity contribution in [3.05, 3.63) is 72.3 Å². The van der Waals surface area contributed by atoms with E-state index in [4.69, 9.17) is 19.9 Å². The predicted molar refractivity (Wildman–Crippen MR) is 124 cm³/mol. The van der Waals surface area contributed by atoms with Gasteiger partial charge in [0, 0.05) is 23.1 Å². The van der Waals surface area contributed by atoms with Gasteiger partial charge in [-0.15, -0.1) is 0 Å². The molecular formula is C22H14Br2N6. The largest absolute Gasteiger partial charge is 0.255 e. The van der Waals surface area contributed by atoms with Crippen molar-refractivity contribution in [1.82, 2.24) is 29.9 Å². The van der Waals surface area contributed by atoms with Crippen molar-refractivity contribution in [3.63, 3.8) is 0 Å². The van der Waals surface area contributed by atoms with Gasteiger partial charge in [0.2, 0.25) is 0 Å². The van der Waals surface area contributed by atoms with Crippen molar-refractivity contribution in [2.45, 2.75) is 10.7 Å². The van der Waals surface area contributed by atoms with E-state index in [1.54, 1.807) is 12.4 Å². The van der Waals surface area contributed by atoms with Crippen LogP contribution in [0, 0.1) is 0 Å². The SMILES string of the molecule is BrCc1nc2cc3nc(-c4ccccn4)c(-c4ccccn4)nc3cc2nc1CBr. The third kappa shape index (κ3) is 3.46. The van der Waals surface area contributed by atoms with E-state index in [0.717, 1.165) is 44.8 Å². The summed E-state index contributed by atoms with van der Waals surface area (Å²) in [5.41, 5.74) is 7.72. The molecule has 4 heterocycles. The number of hydrogen-bond donors (Lipinski definition) is 0. The number of aromatic nitrogens is 6. The zero-order chi connectivity index (χ0) is 20.5. The smallest absolute Gasteiger partial charge is 0.117 e. The Kier molecular flexibility index (Phi) is 5.18. The van der Waals surface area contributed by atoms with Crippen LogP contribution in [0.5, 0.6) is 0 Å². The maximum absolute atomic E-state index is 4.92. The summed E-state index contributed by atoms with van der Waals surface area (Å²) in [7, 11) is 0. The Bertz CT molecular complexity index is 1260. The van der Waals surface area contributed by atoms with Crippen molar-refractivity contribution in [2.24, 2.45) is 0 Å². The van der Waals surface area contributed by atoms with Gasteiger partial charge in [0.15, 0.2) is 0 Å². The van der Waals surface area contributed by atoms with Crippen LogP contribution in [0.1, 0.15) is 11.4 Å². The highest BCUT2D eigenvalue weighted by molar-refractivity contribution is 9.09. The standard InChI is InChI=1S/C22H14Br2N6/c23-11-19-20(12-24)28-16-10-18-17(9-15(16)27-19)29-21(13-5-1-3-7-25-13)22(30-18)14-6-2-4-8-26-14/h1-10H,11-12H2. The van der Waals surface area contributed by atoms with Gasteiger partial charge < -0.3 is 0 Å². The van der Waals surface area contributed by atoms with Crippen LogP contribution in [0.25, 0.3) is 44.8 Å². The molecule has 0 unspecified atom stereocenters. The van der Waals surface area contributed by atoms with E-state index < -0.39 is 0 Å². The molecule has 0 saturated carbocycles. The van der Waals surface area contributed by atoms with Crippen LogP contribution in [0.3, 0.4) is 0 Å². The summed E-state index contributed by atoms with van der Waals surface area (Å²) in [4.78, 5) is 28.3. The van der Waals surface area contributed by atoms with Crippen LogP contribution >= 0.6 is 31.9 Å². The molecule has 0 atom stereocenters. The lowest BCUT2D eigenvalue weighted by Crippen LogP contribution is -2.01. The van der Waals surface area contributed by atoms with Gasteiger partial charge in [-0.1, -0.05) is 44.0 Å². The highest BCUT2D eigenvalue weighted by Crippen LogP contribution is 2.30. The molecule has 0 bridgehead atoms. The lowest BCUT2D eigenvalue weighted by atomic mass is 10.1. The molecular weight excluding hydrogens is 508 g/mol. The van der Waals surface area contributed by atoms with Crippen LogP contribution in [0.15, 0.2) is 60.9 Å². The van der Waals surface area contributed by atoms with Gasteiger partial charge in [-0.05, 0) is 36.4 Å². The van der Waals surface area contributed by atoms with Crippen LogP contribution < -0.4 is 0 Å². The topological polar surface area (TPSA) is 77.3 Å². The highest BCUT2D eigenvalue weighted by atomic mass is 79.9. The molecule has 0 aliphatic heterocycles. The molecule has 0 N–H and O–H groups in total. The molecule has 0 amide bonds. The number of benzene rings is 1. The Morgan fingerprint density at radius 2 is 1.00 bits per heavy atom. The van der Waals surface area contributed by atoms with E-state index in [1.165, 1.54) is 0 Å². The molecule has 5 rings (SSSR count). The second-order valence-corrected chi connectivity index (χ2v) is 7.69. The number of alkyl halides is 2. The minimum absolute atomic E-state index is 0.637. The number of pyridine rings is 2. The molecule has 5 aromatic rings. The van der Waals surface area contributed by atoms with E-state index in [-0.39, 0.29) is 0 Å². The first-order valence-corrected chi connectivity index (χ1v) is 11.5. The quantitative estimate of drug-likeness (QED) is 0.230. The van der Waals surface area contributed by atoms with E-state index in [9.17, 15) is 0 Å². The molecule has 0 spiro atoms. The molecule has 8 heteroatoms. The fraction of sp³-hybridized carbons (Fsp3) is 0.0909. The second-order valence-electron chi connectivity index (χ2n) is 6.56. The lowest BCUT2D eigenvalue weighted by Gasteiger charge is -2.11. The Morgan fingerprint density at radius 3 is 1.37 bits per heavy atom. The lowest BCUT2D eigenvalue weighted by molar-refractivity contribution is 1.08. The molecule has 0 aliphatic rings. The summed E-state index contributed by atoms with van der Waals surface area (Å²) in [6, 6.07) is 15.4. The first-order chi connectivity index (χ1) is 14.8. The summed E-state index contributed by atoms with van der Waals surface area (Å²) in [5, 5.41) is 1.27. The van der Waals surface area contributed by atoms with E-state index in [2.05, 4.69) is 41.8 Å². The molecule has 0 fully saturated rings. The predicted octanol–water partition coefficient (Wildman–Crippen LogP) is 5.49. The summed E-state index contributed by atoms with van der Waals surface area (Å²) < 4.78 is 0. The Hall–Kier alpha value is -2.84. The minimum atomic E-state index is 0.637. The van der Waals surface area contributed by atoms with Gasteiger partial charge in [-0.25, -0.2) is 19.9 Å². The van der Waals surface area contributed by atoms with E-state index >= 15 is 0 Å². The summed E-state index contributed by atoms with van der Waals surface area (Å²) in [6.07, 6.45) is 3.50. The molecule has 30 heavy (non-hydrogen) atoms. The fourth-order valence-corrected chi connectivity index (χ4v) is 4.15. The molecule has 0 aliphatic carbocycles. The van der Waals surface area contributed by atoms with Gasteiger partial charge >= 0.3 is 0 Å². The van der Waals surface area contributed by atoms with Crippen LogP contribution in [-0.4, -0.2) is 29.9 Å². The maximum Gasteiger partial charge on any atom is 0.117 e. The Balaban J connectivity index is 1.81. The maximum atomic E-state index is 4.92. The van der Waals surface area contributed by atoms with Crippen molar-refractivity contribution in [2.75, 3.05) is 0 Å². The summed E-state index contributed by atoms with van der Waals surface area (Å²) in [6.45, 7) is 0. The molecule has 4 aromatic heterocycles. The first-order valence-electron chi connectivity index (χ1n) is 9.23. The molecule has 6 nitrogen and oxygen atoms in total. The van der Waals surface area contributed by atoms with Crippen molar-refractivity contribution < 1.29 is 0 Å². The number of nitrogens with zero attached hydrogens (tertiary/aromatic N) is 6. The van der Waals surface area contributed by atoms with Gasteiger partial charge in [-0.2, -0.15) is 0 Å². The van der Waals surface area contributed by atoms with Crippen LogP contribution in [-0.2, 0) is 10.7 Å². The average Bonchev–Trinajstić information content (AvgIpc) is 2.82. The summed E-state index contributed by atoms with van der Waals surface area (Å²) >= 11 is 6.99. The summed E-state index contributed by atoms with van der Waals surface area (Å²) in [5.74, 6) is 0. The van der Waals surface area contributed by atoms with Gasteiger partial charge in [0.25, 0.3) is 0 Å². The third-order valence-electron chi connectivity index (χ3n) is 4.67. The average molecular weight is 522 g/mol. The molecule has 146 valence electrons. The van der Waals surface area contributed by atoms with Crippen molar-refractivity contribution in [1.29, 1.82) is 0 Å². The minimum Gasteiger partial charge on any atom is -0.255 e. The van der Waals surface area contributed by atoms with Crippen LogP contribution in [0.4, 0.5) is 0 Å². The Morgan fingerprint density at radius 1 is 0.567 bits per heavy atom. The fourth-order valence-electron chi connectivity index (χ4n) is 3.26. The van der Waals surface area contributed by atoms with Gasteiger partial charge in [0.05, 0.1) is 44.8 Å². The molecule has 1 aromatic carbocycles. The number of hydrogen-bond acceptors (Lipinski definition) is 6. The zero-order valence-electron chi connectivity index (χ0n) is 15.6. The van der Waals surface area contributed by atoms with E-state index in [1.807, 2.05) is 48.5 Å². The number of halogens is 2. The second kappa shape index (κ2) is 8.12. The monoisotopic (exact) mass is 520 g/mol. The third-order valence-corrected chi connectivity index (χ3v) is 5.73. The first kappa shape index (κ1) is 19.1. The van der Waals surface area contributed by atoms with Crippen molar-refractivity contribution >= 4 is 53.9 Å². The van der Waals surface area contributed by atoms with Gasteiger partial charge in [-0.3, -0.25) is 9.97 Å². The number of rotatable bonds is 4. The van der Waals surface area contributed by atoms with E-state index in [0.29, 0.717) is 22.0 Å².